The molecule has 0 amide bonds. The van der Waals surface area contributed by atoms with Crippen LogP contribution in [0.4, 0.5) is 8.78 Å². The lowest BCUT2D eigenvalue weighted by atomic mass is 9.90. The highest BCUT2D eigenvalue weighted by Crippen LogP contribution is 2.33. The van der Waals surface area contributed by atoms with Crippen molar-refractivity contribution in [2.75, 3.05) is 13.1 Å². The minimum Gasteiger partial charge on any atom is -0.465 e. The van der Waals surface area contributed by atoms with Crippen LogP contribution in [-0.2, 0) is 13.0 Å². The summed E-state index contributed by atoms with van der Waals surface area (Å²) >= 11 is 0. The van der Waals surface area contributed by atoms with Crippen molar-refractivity contribution < 1.29 is 13.2 Å². The van der Waals surface area contributed by atoms with Gasteiger partial charge in [-0.1, -0.05) is 19.9 Å². The second-order valence-corrected chi connectivity index (χ2v) is 6.17. The first-order valence-corrected chi connectivity index (χ1v) is 7.81. The Balaban J connectivity index is 1.69. The molecule has 22 heavy (non-hydrogen) atoms. The first kappa shape index (κ1) is 15.2. The van der Waals surface area contributed by atoms with Gasteiger partial charge in [0.1, 0.15) is 11.5 Å². The van der Waals surface area contributed by atoms with Gasteiger partial charge in [0, 0.05) is 25.4 Å². The summed E-state index contributed by atoms with van der Waals surface area (Å²) in [5.41, 5.74) is 0.877. The van der Waals surface area contributed by atoms with Crippen LogP contribution in [0.5, 0.6) is 0 Å². The predicted octanol–water partition coefficient (Wildman–Crippen LogP) is 4.36. The largest absolute Gasteiger partial charge is 0.465 e. The number of hydrogen-bond acceptors (Lipinski definition) is 2. The second-order valence-electron chi connectivity index (χ2n) is 6.17. The molecular formula is C18H21F2NO. The summed E-state index contributed by atoms with van der Waals surface area (Å²) in [5, 5.41) is 0. The maximum atomic E-state index is 13.4. The average Bonchev–Trinajstić information content (AvgIpc) is 3.09. The van der Waals surface area contributed by atoms with Crippen LogP contribution in [0.1, 0.15) is 36.8 Å². The summed E-state index contributed by atoms with van der Waals surface area (Å²) in [6.07, 6.45) is 0.897. The third-order valence-electron chi connectivity index (χ3n) is 4.50. The molecule has 3 rings (SSSR count). The summed E-state index contributed by atoms with van der Waals surface area (Å²) in [7, 11) is 0. The Morgan fingerprint density at radius 2 is 1.86 bits per heavy atom. The Labute approximate surface area is 129 Å². The van der Waals surface area contributed by atoms with Gasteiger partial charge in [-0.25, -0.2) is 8.78 Å². The molecule has 0 unspecified atom stereocenters. The van der Waals surface area contributed by atoms with E-state index in [1.165, 1.54) is 12.1 Å². The average molecular weight is 305 g/mol. The molecule has 1 aromatic heterocycles. The van der Waals surface area contributed by atoms with Crippen molar-refractivity contribution in [3.63, 3.8) is 0 Å². The van der Waals surface area contributed by atoms with E-state index in [0.29, 0.717) is 5.92 Å². The molecule has 1 saturated heterocycles. The first-order chi connectivity index (χ1) is 10.6. The Morgan fingerprint density at radius 3 is 2.55 bits per heavy atom. The normalized spacial score (nSPS) is 22.4. The fourth-order valence-corrected chi connectivity index (χ4v) is 3.29. The van der Waals surface area contributed by atoms with Crippen molar-refractivity contribution in [2.24, 2.45) is 5.92 Å². The standard InChI is InChI=1S/C18H21F2NO/c1-3-14-5-6-15(22-14)10-21-9-12(2)16(11-21)13-4-7-17(19)18(20)8-13/h4-8,12,16H,3,9-11H2,1-2H3/t12-,16-/m1/s1. The molecule has 2 atom stereocenters. The molecule has 1 aromatic carbocycles. The maximum Gasteiger partial charge on any atom is 0.159 e. The van der Waals surface area contributed by atoms with Gasteiger partial charge in [-0.15, -0.1) is 0 Å². The monoisotopic (exact) mass is 305 g/mol. The number of nitrogens with zero attached hydrogens (tertiary/aromatic N) is 1. The number of hydrogen-bond donors (Lipinski definition) is 0. The number of halogens is 2. The molecule has 2 aromatic rings. The van der Waals surface area contributed by atoms with Crippen LogP contribution in [-0.4, -0.2) is 18.0 Å². The van der Waals surface area contributed by atoms with E-state index in [1.54, 1.807) is 6.07 Å². The number of benzene rings is 1. The van der Waals surface area contributed by atoms with Crippen LogP contribution >= 0.6 is 0 Å². The van der Waals surface area contributed by atoms with Crippen molar-refractivity contribution in [3.8, 4) is 0 Å². The molecule has 4 heteroatoms. The Hall–Kier alpha value is -1.68. The maximum absolute atomic E-state index is 13.4. The predicted molar refractivity (Wildman–Crippen MR) is 81.6 cm³/mol. The van der Waals surface area contributed by atoms with Gasteiger partial charge < -0.3 is 4.42 Å². The van der Waals surface area contributed by atoms with Crippen LogP contribution in [0.3, 0.4) is 0 Å². The summed E-state index contributed by atoms with van der Waals surface area (Å²) < 4.78 is 32.3. The molecule has 0 spiro atoms. The molecule has 1 aliphatic rings. The lowest BCUT2D eigenvalue weighted by molar-refractivity contribution is 0.284. The quantitative estimate of drug-likeness (QED) is 0.834. The highest BCUT2D eigenvalue weighted by molar-refractivity contribution is 5.24. The van der Waals surface area contributed by atoms with Crippen molar-refractivity contribution in [2.45, 2.75) is 32.7 Å². The van der Waals surface area contributed by atoms with Crippen molar-refractivity contribution >= 4 is 0 Å². The zero-order valence-electron chi connectivity index (χ0n) is 13.0. The van der Waals surface area contributed by atoms with E-state index in [0.717, 1.165) is 43.1 Å². The third kappa shape index (κ3) is 3.07. The Bertz CT molecular complexity index is 652. The van der Waals surface area contributed by atoms with Crippen LogP contribution in [0.15, 0.2) is 34.7 Å². The molecule has 1 fully saturated rings. The number of aryl methyl sites for hydroxylation is 1. The van der Waals surface area contributed by atoms with E-state index in [4.69, 9.17) is 4.42 Å². The lowest BCUT2D eigenvalue weighted by Gasteiger charge is -2.15. The molecule has 0 radical (unpaired) electrons. The van der Waals surface area contributed by atoms with Crippen LogP contribution in [0.2, 0.25) is 0 Å². The lowest BCUT2D eigenvalue weighted by Crippen LogP contribution is -2.19. The van der Waals surface area contributed by atoms with E-state index < -0.39 is 11.6 Å². The zero-order chi connectivity index (χ0) is 15.7. The first-order valence-electron chi connectivity index (χ1n) is 7.81. The molecule has 0 saturated carbocycles. The van der Waals surface area contributed by atoms with Crippen LogP contribution < -0.4 is 0 Å². The van der Waals surface area contributed by atoms with Gasteiger partial charge in [0.25, 0.3) is 0 Å². The van der Waals surface area contributed by atoms with Gasteiger partial charge in [-0.3, -0.25) is 4.90 Å². The fraction of sp³-hybridized carbons (Fsp3) is 0.444. The van der Waals surface area contributed by atoms with Gasteiger partial charge >= 0.3 is 0 Å². The fourth-order valence-electron chi connectivity index (χ4n) is 3.29. The van der Waals surface area contributed by atoms with Gasteiger partial charge in [0.05, 0.1) is 6.54 Å². The van der Waals surface area contributed by atoms with Crippen LogP contribution in [0, 0.1) is 17.6 Å². The van der Waals surface area contributed by atoms with Crippen molar-refractivity contribution in [1.82, 2.24) is 4.90 Å². The summed E-state index contributed by atoms with van der Waals surface area (Å²) in [4.78, 5) is 2.31. The second kappa shape index (κ2) is 6.21. The van der Waals surface area contributed by atoms with Crippen LogP contribution in [0.25, 0.3) is 0 Å². The molecular weight excluding hydrogens is 284 g/mol. The smallest absolute Gasteiger partial charge is 0.159 e. The Morgan fingerprint density at radius 1 is 1.09 bits per heavy atom. The highest BCUT2D eigenvalue weighted by Gasteiger charge is 2.31. The molecule has 2 nitrogen and oxygen atoms in total. The van der Waals surface area contributed by atoms with E-state index in [1.807, 2.05) is 12.1 Å². The van der Waals surface area contributed by atoms with Gasteiger partial charge in [-0.2, -0.15) is 0 Å². The van der Waals surface area contributed by atoms with Crippen molar-refractivity contribution in [3.05, 3.63) is 59.1 Å². The minimum atomic E-state index is -0.783. The number of rotatable bonds is 4. The summed E-state index contributed by atoms with van der Waals surface area (Å²) in [6, 6.07) is 8.30. The van der Waals surface area contributed by atoms with E-state index >= 15 is 0 Å². The third-order valence-corrected chi connectivity index (χ3v) is 4.50. The molecule has 118 valence electrons. The summed E-state index contributed by atoms with van der Waals surface area (Å²) in [5.74, 6) is 1.06. The highest BCUT2D eigenvalue weighted by atomic mass is 19.2. The molecule has 0 bridgehead atoms. The molecule has 0 aliphatic carbocycles. The van der Waals surface area contributed by atoms with E-state index in [2.05, 4.69) is 18.7 Å². The van der Waals surface area contributed by atoms with Gasteiger partial charge in [0.15, 0.2) is 11.6 Å². The summed E-state index contributed by atoms with van der Waals surface area (Å²) in [6.45, 7) is 6.77. The van der Waals surface area contributed by atoms with E-state index in [9.17, 15) is 8.78 Å². The van der Waals surface area contributed by atoms with Gasteiger partial charge in [0.2, 0.25) is 0 Å². The topological polar surface area (TPSA) is 16.4 Å². The van der Waals surface area contributed by atoms with Gasteiger partial charge in [-0.05, 0) is 35.7 Å². The molecule has 1 aliphatic heterocycles. The zero-order valence-corrected chi connectivity index (χ0v) is 13.0. The number of likely N-dealkylation sites (tertiary alicyclic amines) is 1. The van der Waals surface area contributed by atoms with Crippen molar-refractivity contribution in [1.29, 1.82) is 0 Å². The SMILES string of the molecule is CCc1ccc(CN2C[C@@H](C)[C@H](c3ccc(F)c(F)c3)C2)o1. The Kier molecular flexibility index (Phi) is 4.30. The molecule has 0 N–H and O–H groups in total. The molecule has 2 heterocycles. The number of furan rings is 1. The van der Waals surface area contributed by atoms with E-state index in [-0.39, 0.29) is 5.92 Å². The minimum absolute atomic E-state index is 0.232.